The van der Waals surface area contributed by atoms with Crippen molar-refractivity contribution in [2.24, 2.45) is 0 Å². The summed E-state index contributed by atoms with van der Waals surface area (Å²) in [7, 11) is 0. The minimum Gasteiger partial charge on any atom is -0.491 e. The van der Waals surface area contributed by atoms with Crippen LogP contribution in [-0.4, -0.2) is 43.4 Å². The van der Waals surface area contributed by atoms with E-state index in [1.54, 1.807) is 24.3 Å². The van der Waals surface area contributed by atoms with Crippen molar-refractivity contribution >= 4 is 5.78 Å². The first-order valence-electron chi connectivity index (χ1n) is 9.64. The van der Waals surface area contributed by atoms with Crippen LogP contribution >= 0.6 is 0 Å². The highest BCUT2D eigenvalue weighted by Crippen LogP contribution is 2.32. The number of aliphatic hydroxyl groups is 1. The molecule has 1 heterocycles. The van der Waals surface area contributed by atoms with Gasteiger partial charge in [-0.15, -0.1) is 0 Å². The predicted octanol–water partition coefficient (Wildman–Crippen LogP) is 3.14. The Morgan fingerprint density at radius 2 is 1.86 bits per heavy atom. The van der Waals surface area contributed by atoms with Crippen molar-refractivity contribution < 1.29 is 24.1 Å². The number of ether oxygens (including phenoxy) is 3. The number of carbonyl (C=O) groups is 1. The van der Waals surface area contributed by atoms with Gasteiger partial charge in [-0.05, 0) is 48.9 Å². The Kier molecular flexibility index (Phi) is 6.90. The summed E-state index contributed by atoms with van der Waals surface area (Å²) in [4.78, 5) is 11.6. The summed E-state index contributed by atoms with van der Waals surface area (Å²) < 4.78 is 16.8. The van der Waals surface area contributed by atoms with Crippen molar-refractivity contribution in [3.63, 3.8) is 0 Å². The Bertz CT molecular complexity index is 790. The largest absolute Gasteiger partial charge is 0.491 e. The van der Waals surface area contributed by atoms with Gasteiger partial charge in [0.1, 0.15) is 31.7 Å². The lowest BCUT2D eigenvalue weighted by atomic mass is 10.1. The molecule has 28 heavy (non-hydrogen) atoms. The lowest BCUT2D eigenvalue weighted by Gasteiger charge is -2.22. The Morgan fingerprint density at radius 3 is 2.57 bits per heavy atom. The van der Waals surface area contributed by atoms with E-state index in [2.05, 4.69) is 5.32 Å². The Labute approximate surface area is 165 Å². The van der Waals surface area contributed by atoms with E-state index in [1.165, 1.54) is 0 Å². The zero-order chi connectivity index (χ0) is 19.9. The van der Waals surface area contributed by atoms with E-state index < -0.39 is 6.10 Å². The summed E-state index contributed by atoms with van der Waals surface area (Å²) in [5.41, 5.74) is 1.74. The van der Waals surface area contributed by atoms with E-state index in [9.17, 15) is 9.90 Å². The van der Waals surface area contributed by atoms with Crippen molar-refractivity contribution in [2.75, 3.05) is 26.4 Å². The van der Waals surface area contributed by atoms with E-state index in [4.69, 9.17) is 14.2 Å². The standard InChI is InChI=1S/C22H27NO5/c1-3-20(25)16-4-7-19(8-5-16)28-14-18(24)13-23-15(2)17-6-9-21-22(12-17)27-11-10-26-21/h4-9,12,15,18,23-24H,3,10-11,13-14H2,1-2H3/t15-,18+/m0/s1. The number of Topliss-reactive ketones (excluding diaryl/α,β-unsaturated/α-hetero) is 1. The van der Waals surface area contributed by atoms with Crippen LogP contribution in [0.15, 0.2) is 42.5 Å². The molecule has 0 spiro atoms. The first kappa shape index (κ1) is 20.2. The topological polar surface area (TPSA) is 77.0 Å². The van der Waals surface area contributed by atoms with Crippen LogP contribution in [0.3, 0.4) is 0 Å². The zero-order valence-corrected chi connectivity index (χ0v) is 16.3. The maximum atomic E-state index is 11.6. The van der Waals surface area contributed by atoms with E-state index in [0.717, 1.165) is 17.1 Å². The van der Waals surface area contributed by atoms with Crippen molar-refractivity contribution in [1.82, 2.24) is 5.32 Å². The Hall–Kier alpha value is -2.57. The van der Waals surface area contributed by atoms with Crippen LogP contribution in [0.1, 0.15) is 42.2 Å². The maximum absolute atomic E-state index is 11.6. The molecular formula is C22H27NO5. The Morgan fingerprint density at radius 1 is 1.14 bits per heavy atom. The first-order valence-corrected chi connectivity index (χ1v) is 9.64. The molecule has 2 aromatic carbocycles. The monoisotopic (exact) mass is 385 g/mol. The summed E-state index contributed by atoms with van der Waals surface area (Å²) >= 11 is 0. The van der Waals surface area contributed by atoms with Crippen molar-refractivity contribution in [2.45, 2.75) is 32.4 Å². The predicted molar refractivity (Wildman–Crippen MR) is 106 cm³/mol. The molecular weight excluding hydrogens is 358 g/mol. The third kappa shape index (κ3) is 5.24. The fourth-order valence-corrected chi connectivity index (χ4v) is 2.95. The summed E-state index contributed by atoms with van der Waals surface area (Å²) in [6.07, 6.45) is -0.178. The molecule has 2 aromatic rings. The molecule has 0 fully saturated rings. The van der Waals surface area contributed by atoms with E-state index >= 15 is 0 Å². The number of aliphatic hydroxyl groups excluding tert-OH is 1. The van der Waals surface area contributed by atoms with Gasteiger partial charge in [-0.1, -0.05) is 13.0 Å². The van der Waals surface area contributed by atoms with Crippen LogP contribution < -0.4 is 19.5 Å². The number of ketones is 1. The van der Waals surface area contributed by atoms with Gasteiger partial charge in [0.15, 0.2) is 17.3 Å². The second-order valence-electron chi connectivity index (χ2n) is 6.80. The van der Waals surface area contributed by atoms with Gasteiger partial charge in [0.25, 0.3) is 0 Å². The van der Waals surface area contributed by atoms with Crippen molar-refractivity contribution in [1.29, 1.82) is 0 Å². The molecule has 6 nitrogen and oxygen atoms in total. The molecule has 2 N–H and O–H groups in total. The number of hydrogen-bond donors (Lipinski definition) is 2. The lowest BCUT2D eigenvalue weighted by Crippen LogP contribution is -2.33. The Balaban J connectivity index is 1.45. The second-order valence-corrected chi connectivity index (χ2v) is 6.80. The van der Waals surface area contributed by atoms with Crippen LogP contribution in [0.5, 0.6) is 17.2 Å². The van der Waals surface area contributed by atoms with Crippen LogP contribution in [0.2, 0.25) is 0 Å². The van der Waals surface area contributed by atoms with Crippen LogP contribution in [0.25, 0.3) is 0 Å². The van der Waals surface area contributed by atoms with Crippen molar-refractivity contribution in [3.05, 3.63) is 53.6 Å². The lowest BCUT2D eigenvalue weighted by molar-refractivity contribution is 0.0986. The van der Waals surface area contributed by atoms with Gasteiger partial charge in [0.2, 0.25) is 0 Å². The smallest absolute Gasteiger partial charge is 0.162 e. The molecule has 0 saturated heterocycles. The molecule has 0 aromatic heterocycles. The van der Waals surface area contributed by atoms with Gasteiger partial charge in [0.05, 0.1) is 0 Å². The van der Waals surface area contributed by atoms with Crippen LogP contribution in [-0.2, 0) is 0 Å². The van der Waals surface area contributed by atoms with E-state index in [1.807, 2.05) is 32.0 Å². The average molecular weight is 385 g/mol. The second kappa shape index (κ2) is 9.57. The normalized spacial score (nSPS) is 15.0. The number of nitrogens with one attached hydrogen (secondary N) is 1. The molecule has 1 aliphatic heterocycles. The van der Waals surface area contributed by atoms with Gasteiger partial charge < -0.3 is 24.6 Å². The number of fused-ring (bicyclic) bond motifs is 1. The van der Waals surface area contributed by atoms with Crippen LogP contribution in [0.4, 0.5) is 0 Å². The van der Waals surface area contributed by atoms with Gasteiger partial charge in [-0.25, -0.2) is 0 Å². The SMILES string of the molecule is CCC(=O)c1ccc(OC[C@H](O)CN[C@@H](C)c2ccc3c(c2)OCCO3)cc1. The summed E-state index contributed by atoms with van der Waals surface area (Å²) in [5, 5.41) is 13.5. The molecule has 0 radical (unpaired) electrons. The highest BCUT2D eigenvalue weighted by atomic mass is 16.6. The molecule has 1 aliphatic rings. The number of carbonyl (C=O) groups excluding carboxylic acids is 1. The number of benzene rings is 2. The molecule has 0 unspecified atom stereocenters. The number of hydrogen-bond acceptors (Lipinski definition) is 6. The molecule has 2 atom stereocenters. The molecule has 0 bridgehead atoms. The molecule has 0 amide bonds. The maximum Gasteiger partial charge on any atom is 0.162 e. The molecule has 0 saturated carbocycles. The molecule has 6 heteroatoms. The highest BCUT2D eigenvalue weighted by Gasteiger charge is 2.15. The van der Waals surface area contributed by atoms with Gasteiger partial charge in [-0.3, -0.25) is 4.79 Å². The summed E-state index contributed by atoms with van der Waals surface area (Å²) in [5.74, 6) is 2.25. The van der Waals surface area contributed by atoms with E-state index in [-0.39, 0.29) is 18.4 Å². The molecule has 0 aliphatic carbocycles. The van der Waals surface area contributed by atoms with E-state index in [0.29, 0.717) is 37.5 Å². The minimum absolute atomic E-state index is 0.0461. The highest BCUT2D eigenvalue weighted by molar-refractivity contribution is 5.95. The minimum atomic E-state index is -0.656. The number of rotatable bonds is 9. The quantitative estimate of drug-likeness (QED) is 0.646. The van der Waals surface area contributed by atoms with Gasteiger partial charge in [0, 0.05) is 24.6 Å². The zero-order valence-electron chi connectivity index (χ0n) is 16.3. The van der Waals surface area contributed by atoms with Crippen molar-refractivity contribution in [3.8, 4) is 17.2 Å². The van der Waals surface area contributed by atoms with Crippen LogP contribution in [0, 0.1) is 0 Å². The fraction of sp³-hybridized carbons (Fsp3) is 0.409. The summed E-state index contributed by atoms with van der Waals surface area (Å²) in [6.45, 7) is 5.56. The van der Waals surface area contributed by atoms with Gasteiger partial charge >= 0.3 is 0 Å². The molecule has 150 valence electrons. The third-order valence-electron chi connectivity index (χ3n) is 4.67. The summed E-state index contributed by atoms with van der Waals surface area (Å²) in [6, 6.07) is 12.9. The third-order valence-corrected chi connectivity index (χ3v) is 4.67. The first-order chi connectivity index (χ1) is 13.6. The average Bonchev–Trinajstić information content (AvgIpc) is 2.75. The molecule has 3 rings (SSSR count). The fourth-order valence-electron chi connectivity index (χ4n) is 2.95. The van der Waals surface area contributed by atoms with Gasteiger partial charge in [-0.2, -0.15) is 0 Å².